The molecule has 0 heterocycles. The van der Waals surface area contributed by atoms with Gasteiger partial charge in [-0.05, 0) is 44.5 Å². The molecule has 94 valence electrons. The molecule has 0 fully saturated rings. The maximum atomic E-state index is 11.3. The Morgan fingerprint density at radius 1 is 1.53 bits per heavy atom. The van der Waals surface area contributed by atoms with Crippen molar-refractivity contribution in [3.8, 4) is 0 Å². The highest BCUT2D eigenvalue weighted by Crippen LogP contribution is 2.20. The Kier molecular flexibility index (Phi) is 5.48. The molecule has 0 amide bonds. The second kappa shape index (κ2) is 6.64. The van der Waals surface area contributed by atoms with Gasteiger partial charge in [0.1, 0.15) is 0 Å². The third-order valence-corrected chi connectivity index (χ3v) is 3.24. The van der Waals surface area contributed by atoms with E-state index in [-0.39, 0.29) is 12.0 Å². The Morgan fingerprint density at radius 3 is 2.82 bits per heavy atom. The van der Waals surface area contributed by atoms with E-state index in [2.05, 4.69) is 21.2 Å². The van der Waals surface area contributed by atoms with Gasteiger partial charge in [0.2, 0.25) is 0 Å². The lowest BCUT2D eigenvalue weighted by molar-refractivity contribution is -0.143. The van der Waals surface area contributed by atoms with E-state index >= 15 is 0 Å². The number of anilines is 1. The Hall–Kier alpha value is -1.03. The van der Waals surface area contributed by atoms with Crippen LogP contribution in [0.25, 0.3) is 0 Å². The third-order valence-electron chi connectivity index (χ3n) is 2.35. The van der Waals surface area contributed by atoms with Crippen LogP contribution in [0.15, 0.2) is 22.7 Å². The minimum Gasteiger partial charge on any atom is -0.466 e. The van der Waals surface area contributed by atoms with Crippen molar-refractivity contribution in [2.24, 2.45) is 0 Å². The van der Waals surface area contributed by atoms with Gasteiger partial charge in [-0.3, -0.25) is 4.79 Å². The molecule has 0 aromatic heterocycles. The zero-order valence-electron chi connectivity index (χ0n) is 10.4. The van der Waals surface area contributed by atoms with Gasteiger partial charge < -0.3 is 10.1 Å². The van der Waals surface area contributed by atoms with E-state index in [1.54, 1.807) is 0 Å². The van der Waals surface area contributed by atoms with Crippen molar-refractivity contribution < 1.29 is 9.53 Å². The van der Waals surface area contributed by atoms with Gasteiger partial charge in [-0.1, -0.05) is 15.9 Å². The first-order valence-corrected chi connectivity index (χ1v) is 6.50. The zero-order valence-corrected chi connectivity index (χ0v) is 12.0. The van der Waals surface area contributed by atoms with Crippen molar-refractivity contribution in [1.82, 2.24) is 0 Å². The predicted octanol–water partition coefficient (Wildman–Crippen LogP) is 3.51. The van der Waals surface area contributed by atoms with Crippen LogP contribution in [0.2, 0.25) is 0 Å². The minimum atomic E-state index is -0.165. The summed E-state index contributed by atoms with van der Waals surface area (Å²) < 4.78 is 5.99. The highest BCUT2D eigenvalue weighted by atomic mass is 79.9. The molecule has 0 aliphatic carbocycles. The molecular weight excluding hydrogens is 282 g/mol. The molecule has 0 saturated heterocycles. The van der Waals surface area contributed by atoms with Crippen LogP contribution in [0.1, 0.15) is 25.8 Å². The van der Waals surface area contributed by atoms with Crippen LogP contribution in [-0.4, -0.2) is 18.6 Å². The summed E-state index contributed by atoms with van der Waals surface area (Å²) in [6.45, 7) is 6.25. The lowest BCUT2D eigenvalue weighted by atomic mass is 10.2. The number of nitrogens with one attached hydrogen (secondary N) is 1. The standard InChI is InChI=1S/C13H18BrNO2/c1-4-17-13(16)8-10(3)15-11-5-6-12(14)9(2)7-11/h5-7,10,15H,4,8H2,1-3H3. The van der Waals surface area contributed by atoms with Gasteiger partial charge in [-0.25, -0.2) is 0 Å². The van der Waals surface area contributed by atoms with Crippen LogP contribution in [0.5, 0.6) is 0 Å². The first-order chi connectivity index (χ1) is 8.02. The molecule has 4 heteroatoms. The Morgan fingerprint density at radius 2 is 2.24 bits per heavy atom. The molecule has 1 atom stereocenters. The van der Waals surface area contributed by atoms with E-state index < -0.39 is 0 Å². The number of rotatable bonds is 5. The summed E-state index contributed by atoms with van der Waals surface area (Å²) in [5.74, 6) is -0.165. The van der Waals surface area contributed by atoms with Crippen molar-refractivity contribution in [2.45, 2.75) is 33.2 Å². The second-order valence-corrected chi connectivity index (χ2v) is 4.87. The quantitative estimate of drug-likeness (QED) is 0.846. The topological polar surface area (TPSA) is 38.3 Å². The van der Waals surface area contributed by atoms with Gasteiger partial charge in [-0.2, -0.15) is 0 Å². The van der Waals surface area contributed by atoms with Crippen LogP contribution < -0.4 is 5.32 Å². The fourth-order valence-electron chi connectivity index (χ4n) is 1.54. The number of aryl methyl sites for hydroxylation is 1. The normalized spacial score (nSPS) is 12.0. The Labute approximate surface area is 111 Å². The van der Waals surface area contributed by atoms with Crippen LogP contribution in [-0.2, 0) is 9.53 Å². The van der Waals surface area contributed by atoms with E-state index in [0.29, 0.717) is 13.0 Å². The van der Waals surface area contributed by atoms with E-state index in [9.17, 15) is 4.79 Å². The van der Waals surface area contributed by atoms with Crippen molar-refractivity contribution in [1.29, 1.82) is 0 Å². The molecule has 1 aromatic rings. The van der Waals surface area contributed by atoms with E-state index in [1.165, 1.54) is 5.56 Å². The van der Waals surface area contributed by atoms with Gasteiger partial charge in [0, 0.05) is 16.2 Å². The molecule has 3 nitrogen and oxygen atoms in total. The number of ether oxygens (including phenoxy) is 1. The molecule has 17 heavy (non-hydrogen) atoms. The summed E-state index contributed by atoms with van der Waals surface area (Å²) in [7, 11) is 0. The van der Waals surface area contributed by atoms with Gasteiger partial charge in [0.25, 0.3) is 0 Å². The molecular formula is C13H18BrNO2. The highest BCUT2D eigenvalue weighted by Gasteiger charge is 2.09. The number of benzene rings is 1. The number of carbonyl (C=O) groups excluding carboxylic acids is 1. The van der Waals surface area contributed by atoms with Gasteiger partial charge in [-0.15, -0.1) is 0 Å². The number of esters is 1. The summed E-state index contributed by atoms with van der Waals surface area (Å²) in [6.07, 6.45) is 0.378. The van der Waals surface area contributed by atoms with Crippen LogP contribution >= 0.6 is 15.9 Å². The van der Waals surface area contributed by atoms with Gasteiger partial charge >= 0.3 is 5.97 Å². The smallest absolute Gasteiger partial charge is 0.307 e. The first kappa shape index (κ1) is 14.0. The maximum Gasteiger partial charge on any atom is 0.307 e. The fourth-order valence-corrected chi connectivity index (χ4v) is 1.79. The van der Waals surface area contributed by atoms with Crippen LogP contribution in [0.4, 0.5) is 5.69 Å². The molecule has 1 N–H and O–H groups in total. The number of carbonyl (C=O) groups is 1. The van der Waals surface area contributed by atoms with E-state index in [4.69, 9.17) is 4.74 Å². The lowest BCUT2D eigenvalue weighted by Crippen LogP contribution is -2.21. The zero-order chi connectivity index (χ0) is 12.8. The van der Waals surface area contributed by atoms with Crippen molar-refractivity contribution in [3.05, 3.63) is 28.2 Å². The Balaban J connectivity index is 2.53. The summed E-state index contributed by atoms with van der Waals surface area (Å²) >= 11 is 3.45. The third kappa shape index (κ3) is 4.77. The molecule has 0 spiro atoms. The summed E-state index contributed by atoms with van der Waals surface area (Å²) in [4.78, 5) is 11.3. The second-order valence-electron chi connectivity index (χ2n) is 4.02. The molecule has 0 bridgehead atoms. The largest absolute Gasteiger partial charge is 0.466 e. The molecule has 0 saturated carbocycles. The average molecular weight is 300 g/mol. The summed E-state index contributed by atoms with van der Waals surface area (Å²) in [5.41, 5.74) is 2.18. The average Bonchev–Trinajstić information content (AvgIpc) is 2.23. The lowest BCUT2D eigenvalue weighted by Gasteiger charge is -2.15. The van der Waals surface area contributed by atoms with Crippen molar-refractivity contribution in [3.63, 3.8) is 0 Å². The monoisotopic (exact) mass is 299 g/mol. The number of hydrogen-bond acceptors (Lipinski definition) is 3. The Bertz CT molecular complexity index is 393. The van der Waals surface area contributed by atoms with Gasteiger partial charge in [0.05, 0.1) is 13.0 Å². The molecule has 1 rings (SSSR count). The molecule has 1 unspecified atom stereocenters. The molecule has 0 radical (unpaired) electrons. The summed E-state index contributed by atoms with van der Waals surface area (Å²) in [6, 6.07) is 6.09. The highest BCUT2D eigenvalue weighted by molar-refractivity contribution is 9.10. The van der Waals surface area contributed by atoms with Gasteiger partial charge in [0.15, 0.2) is 0 Å². The van der Waals surface area contributed by atoms with E-state index in [1.807, 2.05) is 39.0 Å². The summed E-state index contributed by atoms with van der Waals surface area (Å²) in [5, 5.41) is 3.28. The number of hydrogen-bond donors (Lipinski definition) is 1. The molecule has 1 aromatic carbocycles. The minimum absolute atomic E-state index is 0.0645. The SMILES string of the molecule is CCOC(=O)CC(C)Nc1ccc(Br)c(C)c1. The van der Waals surface area contributed by atoms with Crippen LogP contribution in [0.3, 0.4) is 0 Å². The molecule has 0 aliphatic rings. The van der Waals surface area contributed by atoms with Crippen molar-refractivity contribution in [2.75, 3.05) is 11.9 Å². The maximum absolute atomic E-state index is 11.3. The van der Waals surface area contributed by atoms with Crippen molar-refractivity contribution >= 4 is 27.6 Å². The number of halogens is 1. The first-order valence-electron chi connectivity index (χ1n) is 5.71. The van der Waals surface area contributed by atoms with E-state index in [0.717, 1.165) is 10.2 Å². The molecule has 0 aliphatic heterocycles. The fraction of sp³-hybridized carbons (Fsp3) is 0.462. The predicted molar refractivity (Wildman–Crippen MR) is 73.2 cm³/mol. The van der Waals surface area contributed by atoms with Crippen LogP contribution in [0, 0.1) is 6.92 Å².